The molecule has 0 spiro atoms. The topological polar surface area (TPSA) is 171 Å². The molecule has 5 aliphatic heterocycles. The molecular weight excluding hydrogens is 907 g/mol. The van der Waals surface area contributed by atoms with Gasteiger partial charge in [-0.1, -0.05) is 42.5 Å². The number of fused-ring (bicyclic) bond motifs is 2. The molecule has 1 aliphatic carbocycles. The third-order valence-corrected chi connectivity index (χ3v) is 16.3. The molecule has 3 aromatic heterocycles. The zero-order valence-electron chi connectivity index (χ0n) is 42.2. The summed E-state index contributed by atoms with van der Waals surface area (Å²) < 4.78 is 20.1. The van der Waals surface area contributed by atoms with Crippen LogP contribution in [0.5, 0.6) is 0 Å². The molecule has 7 atom stereocenters. The van der Waals surface area contributed by atoms with Crippen LogP contribution in [0.4, 0.5) is 11.6 Å². The van der Waals surface area contributed by atoms with Gasteiger partial charge in [-0.2, -0.15) is 0 Å². The quantitative estimate of drug-likeness (QED) is 0.0557. The van der Waals surface area contributed by atoms with Gasteiger partial charge in [-0.25, -0.2) is 9.97 Å². The summed E-state index contributed by atoms with van der Waals surface area (Å²) in [7, 11) is 0. The normalized spacial score (nSPS) is 24.4. The number of anilines is 2. The number of rotatable bonds is 23. The zero-order chi connectivity index (χ0) is 49.2. The van der Waals surface area contributed by atoms with Gasteiger partial charge in [0.15, 0.2) is 0 Å². The highest BCUT2D eigenvalue weighted by atomic mass is 16.5. The lowest BCUT2D eigenvalue weighted by Crippen LogP contribution is -2.48. The Morgan fingerprint density at radius 1 is 0.694 bits per heavy atom. The van der Waals surface area contributed by atoms with Crippen molar-refractivity contribution in [2.75, 3.05) is 82.8 Å². The van der Waals surface area contributed by atoms with E-state index in [-0.39, 0.29) is 54.8 Å². The van der Waals surface area contributed by atoms with Crippen LogP contribution in [0.25, 0.3) is 0 Å². The summed E-state index contributed by atoms with van der Waals surface area (Å²) in [5, 5.41) is 27.0. The number of nitrogens with zero attached hydrogens (tertiary/aromatic N) is 5. The van der Waals surface area contributed by atoms with E-state index in [1.54, 1.807) is 0 Å². The van der Waals surface area contributed by atoms with Crippen molar-refractivity contribution >= 4 is 23.6 Å². The number of ether oxygens (including phenoxy) is 3. The number of aliphatic carboxylic acids is 2. The number of carboxylic acids is 2. The van der Waals surface area contributed by atoms with Crippen molar-refractivity contribution in [2.45, 2.75) is 145 Å². The van der Waals surface area contributed by atoms with E-state index in [2.05, 4.69) is 80.0 Å². The van der Waals surface area contributed by atoms with Gasteiger partial charge in [-0.3, -0.25) is 14.6 Å². The smallest absolute Gasteiger partial charge is 0.304 e. The maximum atomic E-state index is 12.3. The van der Waals surface area contributed by atoms with Crippen LogP contribution in [-0.4, -0.2) is 137 Å². The minimum atomic E-state index is -0.833. The molecule has 4 N–H and O–H groups in total. The molecule has 0 bridgehead atoms. The first-order chi connectivity index (χ1) is 35.2. The SMILES string of the molecule is O=C(O)C[C@H](CO[C@@H]1CCCN(CCCc2ccc3c(n2)NCCC3)C1)c1cccc([C@H]2COC(C3C[C@@H](OC[C@@H](CC(=O)O)c4cncc(C5CC5)c4)CN(CCCc4ccc5c(n4)NCCC5)C3)C2)c1. The minimum absolute atomic E-state index is 0.00320. The van der Waals surface area contributed by atoms with E-state index in [9.17, 15) is 19.8 Å². The first-order valence-corrected chi connectivity index (χ1v) is 27.5. The number of carbonyl (C=O) groups is 2. The van der Waals surface area contributed by atoms with E-state index < -0.39 is 11.9 Å². The van der Waals surface area contributed by atoms with E-state index in [0.29, 0.717) is 25.7 Å². The van der Waals surface area contributed by atoms with E-state index in [1.165, 1.54) is 22.3 Å². The van der Waals surface area contributed by atoms with Crippen molar-refractivity contribution in [3.05, 3.63) is 112 Å². The van der Waals surface area contributed by atoms with Crippen LogP contribution in [0.15, 0.2) is 67.0 Å². The van der Waals surface area contributed by atoms with Crippen LogP contribution in [0, 0.1) is 5.92 Å². The molecule has 1 saturated carbocycles. The number of aromatic nitrogens is 3. The van der Waals surface area contributed by atoms with Crippen LogP contribution in [-0.2, 0) is 49.5 Å². The molecule has 4 fully saturated rings. The van der Waals surface area contributed by atoms with Crippen molar-refractivity contribution in [1.82, 2.24) is 24.8 Å². The zero-order valence-corrected chi connectivity index (χ0v) is 42.2. The van der Waals surface area contributed by atoms with E-state index in [1.807, 2.05) is 12.4 Å². The van der Waals surface area contributed by atoms with Crippen LogP contribution in [0.3, 0.4) is 0 Å². The molecule has 8 heterocycles. The third-order valence-electron chi connectivity index (χ3n) is 16.3. The summed E-state index contributed by atoms with van der Waals surface area (Å²) in [6.45, 7) is 8.79. The maximum Gasteiger partial charge on any atom is 0.304 e. The standard InChI is InChI=1S/C58H77N7O7/c66-55(67)29-48(36-70-52-13-6-23-64(34-52)22-4-11-50-18-16-40-9-2-20-60-57(40)62-50)43-8-1-7-42(25-43)47-28-54(72-38-47)46-27-53(71-37-49(30-56(68)69)45-26-44(31-59-32-45)39-14-15-39)35-65(33-46)24-5-12-51-19-17-41-10-3-21-61-58(41)63-51/h1,7-8,16-19,25-26,31-32,39,46-49,52-54H,2-6,9-15,20-24,27-30,33-38H2,(H,60,62)(H,61,63)(H,66,67)(H,68,69)/t46?,47-,48-,49-,52-,53-,54?/m1/s1. The number of pyridine rings is 3. The molecule has 386 valence electrons. The summed E-state index contributed by atoms with van der Waals surface area (Å²) in [4.78, 5) is 43.9. The van der Waals surface area contributed by atoms with Gasteiger partial charge in [-0.05, 0) is 161 Å². The fourth-order valence-corrected chi connectivity index (χ4v) is 12.2. The Morgan fingerprint density at radius 3 is 2.04 bits per heavy atom. The van der Waals surface area contributed by atoms with Gasteiger partial charge >= 0.3 is 11.9 Å². The number of aryl methyl sites for hydroxylation is 4. The first-order valence-electron chi connectivity index (χ1n) is 27.5. The number of benzene rings is 1. The Morgan fingerprint density at radius 2 is 1.35 bits per heavy atom. The molecule has 14 nitrogen and oxygen atoms in total. The maximum absolute atomic E-state index is 12.3. The second kappa shape index (κ2) is 24.4. The fourth-order valence-electron chi connectivity index (χ4n) is 12.2. The molecule has 10 rings (SSSR count). The first kappa shape index (κ1) is 50.5. The molecule has 0 radical (unpaired) electrons. The van der Waals surface area contributed by atoms with Gasteiger partial charge in [0.2, 0.25) is 0 Å². The lowest BCUT2D eigenvalue weighted by atomic mass is 9.85. The second-order valence-electron chi connectivity index (χ2n) is 21.9. The molecule has 6 aliphatic rings. The van der Waals surface area contributed by atoms with E-state index >= 15 is 0 Å². The van der Waals surface area contributed by atoms with Crippen LogP contribution in [0.2, 0.25) is 0 Å². The lowest BCUT2D eigenvalue weighted by Gasteiger charge is -2.40. The highest BCUT2D eigenvalue weighted by Gasteiger charge is 2.39. The molecule has 14 heteroatoms. The summed E-state index contributed by atoms with van der Waals surface area (Å²) in [5.74, 6) is 0.861. The van der Waals surface area contributed by atoms with Crippen molar-refractivity contribution in [2.24, 2.45) is 5.92 Å². The second-order valence-corrected chi connectivity index (χ2v) is 21.9. The molecule has 4 aromatic rings. The van der Waals surface area contributed by atoms with Gasteiger partial charge < -0.3 is 44.9 Å². The van der Waals surface area contributed by atoms with Crippen molar-refractivity contribution in [3.63, 3.8) is 0 Å². The summed E-state index contributed by atoms with van der Waals surface area (Å²) in [6, 6.07) is 19.5. The van der Waals surface area contributed by atoms with Gasteiger partial charge in [0.05, 0.1) is 51.0 Å². The number of hydrogen-bond acceptors (Lipinski definition) is 12. The molecule has 72 heavy (non-hydrogen) atoms. The van der Waals surface area contributed by atoms with Crippen molar-refractivity contribution in [1.29, 1.82) is 0 Å². The highest BCUT2D eigenvalue weighted by molar-refractivity contribution is 5.68. The van der Waals surface area contributed by atoms with E-state index in [4.69, 9.17) is 24.2 Å². The fraction of sp³-hybridized carbons (Fsp3) is 0.603. The van der Waals surface area contributed by atoms with E-state index in [0.717, 1.165) is 176 Å². The largest absolute Gasteiger partial charge is 0.481 e. The predicted octanol–water partition coefficient (Wildman–Crippen LogP) is 8.61. The summed E-state index contributed by atoms with van der Waals surface area (Å²) in [6.07, 6.45) is 18.2. The number of carboxylic acid groups (broad SMARTS) is 2. The Kier molecular flexibility index (Phi) is 17.1. The van der Waals surface area contributed by atoms with Gasteiger partial charge in [0, 0.05) is 80.2 Å². The Balaban J connectivity index is 0.758. The van der Waals surface area contributed by atoms with Crippen molar-refractivity contribution in [3.8, 4) is 0 Å². The number of nitrogens with one attached hydrogen (secondary N) is 2. The lowest BCUT2D eigenvalue weighted by molar-refractivity contribution is -0.139. The molecule has 3 saturated heterocycles. The third kappa shape index (κ3) is 13.8. The van der Waals surface area contributed by atoms with Crippen LogP contribution >= 0.6 is 0 Å². The monoisotopic (exact) mass is 984 g/mol. The number of hydrogen-bond donors (Lipinski definition) is 4. The predicted molar refractivity (Wildman–Crippen MR) is 278 cm³/mol. The average molecular weight is 984 g/mol. The highest BCUT2D eigenvalue weighted by Crippen LogP contribution is 2.41. The number of likely N-dealkylation sites (tertiary alicyclic amines) is 2. The van der Waals surface area contributed by atoms with Crippen LogP contribution < -0.4 is 10.6 Å². The number of piperidine rings is 2. The van der Waals surface area contributed by atoms with Gasteiger partial charge in [-0.15, -0.1) is 0 Å². The van der Waals surface area contributed by atoms with Crippen LogP contribution in [0.1, 0.15) is 145 Å². The minimum Gasteiger partial charge on any atom is -0.481 e. The molecular formula is C58H77N7O7. The molecule has 2 unspecified atom stereocenters. The Labute approximate surface area is 426 Å². The van der Waals surface area contributed by atoms with Gasteiger partial charge in [0.1, 0.15) is 11.6 Å². The molecule has 0 amide bonds. The average Bonchev–Trinajstić information content (AvgIpc) is 4.14. The summed E-state index contributed by atoms with van der Waals surface area (Å²) >= 11 is 0. The van der Waals surface area contributed by atoms with Crippen molar-refractivity contribution < 1.29 is 34.0 Å². The Hall–Kier alpha value is -4.99. The van der Waals surface area contributed by atoms with Gasteiger partial charge in [0.25, 0.3) is 0 Å². The molecule has 1 aromatic carbocycles. The summed E-state index contributed by atoms with van der Waals surface area (Å²) in [5.41, 5.74) is 9.22. The Bertz CT molecular complexity index is 2450.